The van der Waals surface area contributed by atoms with Crippen LogP contribution >= 0.6 is 11.6 Å². The second-order valence-electron chi connectivity index (χ2n) is 3.90. The molecular formula is C13H14ClN3O. The maximum absolute atomic E-state index is 11.4. The topological polar surface area (TPSA) is 49.0 Å². The van der Waals surface area contributed by atoms with E-state index in [2.05, 4.69) is 10.2 Å². The van der Waals surface area contributed by atoms with Crippen molar-refractivity contribution >= 4 is 17.3 Å². The van der Waals surface area contributed by atoms with Gasteiger partial charge in [-0.15, -0.1) is 0 Å². The minimum absolute atomic E-state index is 0.183. The molecule has 0 fully saturated rings. The van der Waals surface area contributed by atoms with Crippen molar-refractivity contribution in [3.8, 4) is 0 Å². The number of rotatable bonds is 4. The van der Waals surface area contributed by atoms with Crippen LogP contribution in [0.25, 0.3) is 0 Å². The van der Waals surface area contributed by atoms with Gasteiger partial charge >= 0.3 is 0 Å². The highest BCUT2D eigenvalue weighted by molar-refractivity contribution is 6.32. The lowest BCUT2D eigenvalue weighted by Crippen LogP contribution is -2.25. The second kappa shape index (κ2) is 5.69. The van der Waals surface area contributed by atoms with Gasteiger partial charge in [0.1, 0.15) is 5.02 Å². The standard InChI is InChI=1S/C13H14ClN3O/c1-2-17(9-10-6-4-3-5-7-10)11-8-15-16-13(18)12(11)14/h3-8H,2,9H2,1H3,(H,16,18). The molecule has 0 spiro atoms. The fourth-order valence-corrected chi connectivity index (χ4v) is 1.98. The maximum Gasteiger partial charge on any atom is 0.285 e. The molecule has 0 aliphatic carbocycles. The average molecular weight is 264 g/mol. The molecule has 1 aromatic carbocycles. The Morgan fingerprint density at radius 3 is 2.72 bits per heavy atom. The summed E-state index contributed by atoms with van der Waals surface area (Å²) >= 11 is 6.01. The lowest BCUT2D eigenvalue weighted by atomic mass is 10.2. The van der Waals surface area contributed by atoms with Crippen LogP contribution in [0.1, 0.15) is 12.5 Å². The van der Waals surface area contributed by atoms with Gasteiger partial charge in [0.15, 0.2) is 0 Å². The summed E-state index contributed by atoms with van der Waals surface area (Å²) in [5.41, 5.74) is 1.46. The SMILES string of the molecule is CCN(Cc1ccccc1)c1cn[nH]c(=O)c1Cl. The average Bonchev–Trinajstić information content (AvgIpc) is 2.41. The van der Waals surface area contributed by atoms with E-state index in [-0.39, 0.29) is 10.6 Å². The summed E-state index contributed by atoms with van der Waals surface area (Å²) in [5, 5.41) is 6.29. The quantitative estimate of drug-likeness (QED) is 0.922. The lowest BCUT2D eigenvalue weighted by Gasteiger charge is -2.23. The number of aromatic amines is 1. The van der Waals surface area contributed by atoms with Gasteiger partial charge in [0.2, 0.25) is 0 Å². The Kier molecular flexibility index (Phi) is 3.99. The number of halogens is 1. The fraction of sp³-hybridized carbons (Fsp3) is 0.231. The molecule has 2 aromatic rings. The number of benzene rings is 1. The summed E-state index contributed by atoms with van der Waals surface area (Å²) in [6.07, 6.45) is 1.58. The Morgan fingerprint density at radius 2 is 2.06 bits per heavy atom. The highest BCUT2D eigenvalue weighted by atomic mass is 35.5. The molecule has 0 aliphatic rings. The van der Waals surface area contributed by atoms with Crippen LogP contribution in [0.4, 0.5) is 5.69 Å². The van der Waals surface area contributed by atoms with E-state index in [9.17, 15) is 4.79 Å². The molecule has 1 heterocycles. The van der Waals surface area contributed by atoms with E-state index in [1.807, 2.05) is 42.2 Å². The molecular weight excluding hydrogens is 250 g/mol. The maximum atomic E-state index is 11.4. The van der Waals surface area contributed by atoms with E-state index in [0.717, 1.165) is 12.1 Å². The van der Waals surface area contributed by atoms with Crippen molar-refractivity contribution < 1.29 is 0 Å². The lowest BCUT2D eigenvalue weighted by molar-refractivity contribution is 0.819. The zero-order valence-electron chi connectivity index (χ0n) is 10.1. The van der Waals surface area contributed by atoms with Gasteiger partial charge in [-0.2, -0.15) is 5.10 Å². The Labute approximate surface area is 110 Å². The predicted octanol–water partition coefficient (Wildman–Crippen LogP) is 2.45. The third-order valence-electron chi connectivity index (χ3n) is 2.72. The number of aromatic nitrogens is 2. The third kappa shape index (κ3) is 2.71. The Morgan fingerprint density at radius 1 is 1.33 bits per heavy atom. The highest BCUT2D eigenvalue weighted by Crippen LogP contribution is 2.22. The van der Waals surface area contributed by atoms with Crippen molar-refractivity contribution in [2.45, 2.75) is 13.5 Å². The number of nitrogens with one attached hydrogen (secondary N) is 1. The summed E-state index contributed by atoms with van der Waals surface area (Å²) in [6.45, 7) is 3.46. The highest BCUT2D eigenvalue weighted by Gasteiger charge is 2.12. The molecule has 0 saturated carbocycles. The van der Waals surface area contributed by atoms with Crippen molar-refractivity contribution in [1.29, 1.82) is 0 Å². The zero-order chi connectivity index (χ0) is 13.0. The van der Waals surface area contributed by atoms with Crippen molar-refractivity contribution in [3.05, 3.63) is 57.5 Å². The summed E-state index contributed by atoms with van der Waals surface area (Å²) in [4.78, 5) is 13.4. The molecule has 0 radical (unpaired) electrons. The molecule has 5 heteroatoms. The fourth-order valence-electron chi connectivity index (χ4n) is 1.77. The summed E-state index contributed by atoms with van der Waals surface area (Å²) < 4.78 is 0. The first-order chi connectivity index (χ1) is 8.72. The molecule has 0 bridgehead atoms. The molecule has 1 aromatic heterocycles. The van der Waals surface area contributed by atoms with Crippen LogP contribution in [0.3, 0.4) is 0 Å². The molecule has 1 N–H and O–H groups in total. The van der Waals surface area contributed by atoms with Gasteiger partial charge in [0.25, 0.3) is 5.56 Å². The number of hydrogen-bond donors (Lipinski definition) is 1. The number of nitrogens with zero attached hydrogens (tertiary/aromatic N) is 2. The Hall–Kier alpha value is -1.81. The first kappa shape index (κ1) is 12.6. The predicted molar refractivity (Wildman–Crippen MR) is 73.0 cm³/mol. The van der Waals surface area contributed by atoms with Crippen molar-refractivity contribution in [3.63, 3.8) is 0 Å². The van der Waals surface area contributed by atoms with Gasteiger partial charge in [-0.3, -0.25) is 4.79 Å². The molecule has 18 heavy (non-hydrogen) atoms. The minimum Gasteiger partial charge on any atom is -0.365 e. The van der Waals surface area contributed by atoms with Crippen LogP contribution in [0.2, 0.25) is 5.02 Å². The summed E-state index contributed by atoms with van der Waals surface area (Å²) in [7, 11) is 0. The first-order valence-corrected chi connectivity index (χ1v) is 6.12. The second-order valence-corrected chi connectivity index (χ2v) is 4.28. The Balaban J connectivity index is 2.29. The number of anilines is 1. The van der Waals surface area contributed by atoms with E-state index < -0.39 is 0 Å². The molecule has 0 amide bonds. The van der Waals surface area contributed by atoms with Gasteiger partial charge in [0.05, 0.1) is 11.9 Å². The monoisotopic (exact) mass is 263 g/mol. The van der Waals surface area contributed by atoms with Crippen LogP contribution in [-0.2, 0) is 6.54 Å². The first-order valence-electron chi connectivity index (χ1n) is 5.74. The minimum atomic E-state index is -0.360. The van der Waals surface area contributed by atoms with Crippen LogP contribution in [0.15, 0.2) is 41.3 Å². The molecule has 2 rings (SSSR count). The molecule has 94 valence electrons. The largest absolute Gasteiger partial charge is 0.365 e. The third-order valence-corrected chi connectivity index (χ3v) is 3.08. The van der Waals surface area contributed by atoms with Gasteiger partial charge in [-0.25, -0.2) is 5.10 Å². The smallest absolute Gasteiger partial charge is 0.285 e. The van der Waals surface area contributed by atoms with Gasteiger partial charge in [-0.05, 0) is 12.5 Å². The van der Waals surface area contributed by atoms with Crippen molar-refractivity contribution in [1.82, 2.24) is 10.2 Å². The van der Waals surface area contributed by atoms with Gasteiger partial charge in [-0.1, -0.05) is 41.9 Å². The van der Waals surface area contributed by atoms with E-state index in [4.69, 9.17) is 11.6 Å². The van der Waals surface area contributed by atoms with Crippen LogP contribution in [0, 0.1) is 0 Å². The van der Waals surface area contributed by atoms with E-state index in [1.165, 1.54) is 0 Å². The van der Waals surface area contributed by atoms with Crippen LogP contribution < -0.4 is 10.5 Å². The normalized spacial score (nSPS) is 10.3. The Bertz CT molecular complexity index is 568. The number of H-pyrrole nitrogens is 1. The number of hydrogen-bond acceptors (Lipinski definition) is 3. The molecule has 4 nitrogen and oxygen atoms in total. The van der Waals surface area contributed by atoms with E-state index >= 15 is 0 Å². The summed E-state index contributed by atoms with van der Waals surface area (Å²) in [6, 6.07) is 10.0. The summed E-state index contributed by atoms with van der Waals surface area (Å²) in [5.74, 6) is 0. The van der Waals surface area contributed by atoms with Crippen LogP contribution in [-0.4, -0.2) is 16.7 Å². The van der Waals surface area contributed by atoms with E-state index in [1.54, 1.807) is 6.20 Å². The molecule has 0 atom stereocenters. The van der Waals surface area contributed by atoms with Crippen molar-refractivity contribution in [2.75, 3.05) is 11.4 Å². The zero-order valence-corrected chi connectivity index (χ0v) is 10.8. The van der Waals surface area contributed by atoms with Gasteiger partial charge in [0, 0.05) is 13.1 Å². The van der Waals surface area contributed by atoms with Gasteiger partial charge < -0.3 is 4.90 Å². The van der Waals surface area contributed by atoms with Crippen molar-refractivity contribution in [2.24, 2.45) is 0 Å². The molecule has 0 saturated heterocycles. The molecule has 0 unspecified atom stereocenters. The molecule has 0 aliphatic heterocycles. The van der Waals surface area contributed by atoms with Crippen LogP contribution in [0.5, 0.6) is 0 Å². The van der Waals surface area contributed by atoms with E-state index in [0.29, 0.717) is 12.2 Å².